The molecule has 0 fully saturated rings. The molecule has 0 aliphatic rings. The van der Waals surface area contributed by atoms with Crippen LogP contribution in [0, 0.1) is 0 Å². The number of methoxy groups -OCH3 is 1. The summed E-state index contributed by atoms with van der Waals surface area (Å²) in [7, 11) is 1.69. The normalized spacial score (nSPS) is 14.2. The summed E-state index contributed by atoms with van der Waals surface area (Å²) in [4.78, 5) is 16.5. The number of Topliss-reactive ketones (excluding diaryl/α,β-unsaturated/α-hetero) is 1. The number of benzene rings is 1. The SMILES string of the molecule is C/C=C(\C=C(\C)C(C)=O)c1nc2ccc(CN)cc2n1C(C)COC. The Morgan fingerprint density at radius 2 is 2.12 bits per heavy atom. The zero-order valence-corrected chi connectivity index (χ0v) is 15.7. The second-order valence-electron chi connectivity index (χ2n) is 6.26. The number of carbonyl (C=O) groups excluding carboxylic acids is 1. The molecule has 0 saturated heterocycles. The van der Waals surface area contributed by atoms with Crippen molar-refractivity contribution in [3.05, 3.63) is 47.3 Å². The van der Waals surface area contributed by atoms with Gasteiger partial charge in [-0.3, -0.25) is 4.79 Å². The van der Waals surface area contributed by atoms with Crippen molar-refractivity contribution < 1.29 is 9.53 Å². The second-order valence-corrected chi connectivity index (χ2v) is 6.26. The molecular formula is C20H27N3O2. The first-order chi connectivity index (χ1) is 11.9. The van der Waals surface area contributed by atoms with Crippen LogP contribution in [-0.4, -0.2) is 29.1 Å². The van der Waals surface area contributed by atoms with Gasteiger partial charge in [-0.1, -0.05) is 12.1 Å². The summed E-state index contributed by atoms with van der Waals surface area (Å²) >= 11 is 0. The minimum absolute atomic E-state index is 0.0531. The average molecular weight is 341 g/mol. The first-order valence-corrected chi connectivity index (χ1v) is 8.48. The van der Waals surface area contributed by atoms with E-state index in [1.54, 1.807) is 14.0 Å². The fraction of sp³-hybridized carbons (Fsp3) is 0.400. The standard InChI is InChI=1S/C20H27N3O2/c1-6-17(9-13(2)15(4)24)20-22-18-8-7-16(11-21)10-19(18)23(20)14(3)12-25-5/h6-10,14H,11-12,21H2,1-5H3/b13-9-,17-6+. The molecule has 1 aromatic heterocycles. The van der Waals surface area contributed by atoms with Crippen molar-refractivity contribution in [2.75, 3.05) is 13.7 Å². The summed E-state index contributed by atoms with van der Waals surface area (Å²) in [5.74, 6) is 0.884. The van der Waals surface area contributed by atoms with E-state index in [1.807, 2.05) is 38.1 Å². The first-order valence-electron chi connectivity index (χ1n) is 8.48. The van der Waals surface area contributed by atoms with Gasteiger partial charge in [0.05, 0.1) is 23.7 Å². The molecule has 5 heteroatoms. The largest absolute Gasteiger partial charge is 0.383 e. The third-order valence-corrected chi connectivity index (χ3v) is 4.33. The van der Waals surface area contributed by atoms with Crippen LogP contribution in [0.3, 0.4) is 0 Å². The highest BCUT2D eigenvalue weighted by molar-refractivity contribution is 5.96. The Bertz CT molecular complexity index is 831. The van der Waals surface area contributed by atoms with Gasteiger partial charge in [0, 0.05) is 19.2 Å². The lowest BCUT2D eigenvalue weighted by Crippen LogP contribution is -2.14. The molecule has 2 rings (SSSR count). The summed E-state index contributed by atoms with van der Waals surface area (Å²) in [6, 6.07) is 6.16. The minimum Gasteiger partial charge on any atom is -0.383 e. The average Bonchev–Trinajstić information content (AvgIpc) is 2.97. The Labute approximate surface area is 149 Å². The number of hydrogen-bond acceptors (Lipinski definition) is 4. The summed E-state index contributed by atoms with van der Waals surface area (Å²) in [5, 5.41) is 0. The maximum absolute atomic E-state index is 11.6. The van der Waals surface area contributed by atoms with Crippen molar-refractivity contribution >= 4 is 22.4 Å². The van der Waals surface area contributed by atoms with Crippen LogP contribution in [0.4, 0.5) is 0 Å². The number of hydrogen-bond donors (Lipinski definition) is 1. The number of ether oxygens (including phenoxy) is 1. The van der Waals surface area contributed by atoms with Gasteiger partial charge in [0.1, 0.15) is 5.82 Å². The molecule has 0 aliphatic carbocycles. The number of imidazole rings is 1. The van der Waals surface area contributed by atoms with E-state index < -0.39 is 0 Å². The van der Waals surface area contributed by atoms with Gasteiger partial charge in [-0.2, -0.15) is 0 Å². The molecule has 0 bridgehead atoms. The number of carbonyl (C=O) groups is 1. The molecule has 1 aromatic carbocycles. The lowest BCUT2D eigenvalue weighted by atomic mass is 10.1. The lowest BCUT2D eigenvalue weighted by Gasteiger charge is -2.18. The van der Waals surface area contributed by atoms with Crippen LogP contribution in [0.1, 0.15) is 45.1 Å². The number of allylic oxidation sites excluding steroid dienone is 4. The molecule has 2 aromatic rings. The predicted molar refractivity (Wildman–Crippen MR) is 102 cm³/mol. The van der Waals surface area contributed by atoms with Gasteiger partial charge in [-0.05, 0) is 57.0 Å². The smallest absolute Gasteiger partial charge is 0.155 e. The Morgan fingerprint density at radius 3 is 2.68 bits per heavy atom. The monoisotopic (exact) mass is 341 g/mol. The highest BCUT2D eigenvalue weighted by Gasteiger charge is 2.18. The second kappa shape index (κ2) is 8.23. The van der Waals surface area contributed by atoms with Gasteiger partial charge < -0.3 is 15.0 Å². The van der Waals surface area contributed by atoms with E-state index in [9.17, 15) is 4.79 Å². The van der Waals surface area contributed by atoms with Crippen molar-refractivity contribution in [2.24, 2.45) is 5.73 Å². The van der Waals surface area contributed by atoms with E-state index in [1.165, 1.54) is 0 Å². The van der Waals surface area contributed by atoms with Gasteiger partial charge >= 0.3 is 0 Å². The minimum atomic E-state index is 0.0531. The number of ketones is 1. The Morgan fingerprint density at radius 1 is 1.40 bits per heavy atom. The quantitative estimate of drug-likeness (QED) is 0.616. The van der Waals surface area contributed by atoms with Crippen LogP contribution in [0.5, 0.6) is 0 Å². The molecule has 5 nitrogen and oxygen atoms in total. The van der Waals surface area contributed by atoms with Gasteiger partial charge in [0.2, 0.25) is 0 Å². The fourth-order valence-electron chi connectivity index (χ4n) is 2.84. The van der Waals surface area contributed by atoms with E-state index >= 15 is 0 Å². The van der Waals surface area contributed by atoms with E-state index in [0.717, 1.165) is 28.0 Å². The third-order valence-electron chi connectivity index (χ3n) is 4.33. The topological polar surface area (TPSA) is 70.1 Å². The van der Waals surface area contributed by atoms with E-state index in [4.69, 9.17) is 15.5 Å². The molecule has 1 atom stereocenters. The fourth-order valence-corrected chi connectivity index (χ4v) is 2.84. The lowest BCUT2D eigenvalue weighted by molar-refractivity contribution is -0.113. The molecule has 0 spiro atoms. The molecule has 0 aliphatic heterocycles. The Balaban J connectivity index is 2.71. The van der Waals surface area contributed by atoms with Crippen LogP contribution in [0.15, 0.2) is 35.9 Å². The molecule has 0 saturated carbocycles. The highest BCUT2D eigenvalue weighted by atomic mass is 16.5. The van der Waals surface area contributed by atoms with Crippen LogP contribution >= 0.6 is 0 Å². The molecular weight excluding hydrogens is 314 g/mol. The highest BCUT2D eigenvalue weighted by Crippen LogP contribution is 2.28. The third kappa shape index (κ3) is 4.06. The van der Waals surface area contributed by atoms with Crippen molar-refractivity contribution in [3.8, 4) is 0 Å². The molecule has 0 amide bonds. The van der Waals surface area contributed by atoms with Crippen LogP contribution in [0.2, 0.25) is 0 Å². The van der Waals surface area contributed by atoms with Crippen LogP contribution in [-0.2, 0) is 16.1 Å². The number of fused-ring (bicyclic) bond motifs is 1. The summed E-state index contributed by atoms with van der Waals surface area (Å²) in [6.45, 7) is 8.49. The van der Waals surface area contributed by atoms with E-state index in [0.29, 0.717) is 18.7 Å². The Kier molecular flexibility index (Phi) is 6.28. The first kappa shape index (κ1) is 19.1. The molecule has 2 N–H and O–H groups in total. The maximum Gasteiger partial charge on any atom is 0.155 e. The number of rotatable bonds is 7. The predicted octanol–water partition coefficient (Wildman–Crippen LogP) is 3.64. The molecule has 0 radical (unpaired) electrons. The van der Waals surface area contributed by atoms with Crippen molar-refractivity contribution in [3.63, 3.8) is 0 Å². The van der Waals surface area contributed by atoms with Gasteiger partial charge in [-0.15, -0.1) is 0 Å². The van der Waals surface area contributed by atoms with Crippen molar-refractivity contribution in [2.45, 2.75) is 40.3 Å². The molecule has 1 unspecified atom stereocenters. The molecule has 1 heterocycles. The van der Waals surface area contributed by atoms with Gasteiger partial charge in [-0.25, -0.2) is 4.98 Å². The number of aromatic nitrogens is 2. The number of nitrogens with zero attached hydrogens (tertiary/aromatic N) is 2. The zero-order chi connectivity index (χ0) is 18.6. The zero-order valence-electron chi connectivity index (χ0n) is 15.7. The summed E-state index contributed by atoms with van der Waals surface area (Å²) < 4.78 is 7.52. The van der Waals surface area contributed by atoms with E-state index in [-0.39, 0.29) is 11.8 Å². The van der Waals surface area contributed by atoms with Crippen LogP contribution < -0.4 is 5.73 Å². The van der Waals surface area contributed by atoms with Crippen molar-refractivity contribution in [1.29, 1.82) is 0 Å². The summed E-state index contributed by atoms with van der Waals surface area (Å²) in [6.07, 6.45) is 3.87. The van der Waals surface area contributed by atoms with E-state index in [2.05, 4.69) is 17.6 Å². The molecule has 134 valence electrons. The van der Waals surface area contributed by atoms with Crippen molar-refractivity contribution in [1.82, 2.24) is 9.55 Å². The maximum atomic E-state index is 11.6. The van der Waals surface area contributed by atoms with Gasteiger partial charge in [0.15, 0.2) is 5.78 Å². The van der Waals surface area contributed by atoms with Crippen LogP contribution in [0.25, 0.3) is 16.6 Å². The summed E-state index contributed by atoms with van der Waals surface area (Å²) in [5.41, 5.74) is 10.4. The molecule has 25 heavy (non-hydrogen) atoms. The Hall–Kier alpha value is -2.24. The number of nitrogens with two attached hydrogens (primary N) is 1. The van der Waals surface area contributed by atoms with Gasteiger partial charge in [0.25, 0.3) is 0 Å².